The smallest absolute Gasteiger partial charge is 0.221 e. The average Bonchev–Trinajstić information content (AvgIpc) is 2.40. The first kappa shape index (κ1) is 9.40. The molecule has 1 atom stereocenters. The maximum atomic E-state index is 13.3. The lowest BCUT2D eigenvalue weighted by Crippen LogP contribution is -2.27. The van der Waals surface area contributed by atoms with Gasteiger partial charge in [-0.15, -0.1) is 0 Å². The van der Waals surface area contributed by atoms with E-state index in [9.17, 15) is 4.39 Å². The van der Waals surface area contributed by atoms with Gasteiger partial charge in [-0.25, -0.2) is 4.98 Å². The lowest BCUT2D eigenvalue weighted by Gasteiger charge is -2.14. The van der Waals surface area contributed by atoms with Crippen molar-refractivity contribution in [1.82, 2.24) is 10.3 Å². The molecular weight excluding hydrogens is 183 g/mol. The molecule has 1 aliphatic rings. The zero-order chi connectivity index (χ0) is 9.97. The summed E-state index contributed by atoms with van der Waals surface area (Å²) in [6.45, 7) is 3.30. The van der Waals surface area contributed by atoms with Crippen molar-refractivity contribution in [1.29, 1.82) is 0 Å². The largest absolute Gasteiger partial charge is 0.489 e. The molecule has 14 heavy (non-hydrogen) atoms. The molecule has 2 heterocycles. The molecule has 3 nitrogen and oxygen atoms in total. The van der Waals surface area contributed by atoms with Crippen molar-refractivity contribution in [2.45, 2.75) is 26.0 Å². The van der Waals surface area contributed by atoms with E-state index in [0.717, 1.165) is 13.0 Å². The molecule has 4 heteroatoms. The minimum atomic E-state index is -0.438. The van der Waals surface area contributed by atoms with Gasteiger partial charge in [0.15, 0.2) is 0 Å². The predicted molar refractivity (Wildman–Crippen MR) is 50.6 cm³/mol. The van der Waals surface area contributed by atoms with Crippen molar-refractivity contribution in [2.75, 3.05) is 6.54 Å². The lowest BCUT2D eigenvalue weighted by atomic mass is 10.2. The molecule has 0 saturated heterocycles. The summed E-state index contributed by atoms with van der Waals surface area (Å²) in [6.07, 6.45) is 2.47. The third kappa shape index (κ3) is 1.70. The minimum Gasteiger partial charge on any atom is -0.489 e. The van der Waals surface area contributed by atoms with Gasteiger partial charge in [0.05, 0.1) is 5.56 Å². The molecule has 1 N–H and O–H groups in total. The van der Waals surface area contributed by atoms with Crippen molar-refractivity contribution in [3.8, 4) is 5.75 Å². The van der Waals surface area contributed by atoms with Gasteiger partial charge < -0.3 is 10.1 Å². The fraction of sp³-hybridized carbons (Fsp3) is 0.500. The second kappa shape index (κ2) is 3.92. The fourth-order valence-electron chi connectivity index (χ4n) is 1.53. The molecule has 0 spiro atoms. The van der Waals surface area contributed by atoms with Crippen molar-refractivity contribution < 1.29 is 9.13 Å². The third-order valence-corrected chi connectivity index (χ3v) is 2.38. The van der Waals surface area contributed by atoms with Gasteiger partial charge in [-0.2, -0.15) is 4.39 Å². The Kier molecular flexibility index (Phi) is 2.63. The average molecular weight is 196 g/mol. The second-order valence-corrected chi connectivity index (χ2v) is 3.36. The van der Waals surface area contributed by atoms with Gasteiger partial charge in [0.25, 0.3) is 0 Å². The summed E-state index contributed by atoms with van der Waals surface area (Å²) in [4.78, 5) is 3.60. The predicted octanol–water partition coefficient (Wildman–Crippen LogP) is 1.48. The van der Waals surface area contributed by atoms with E-state index in [-0.39, 0.29) is 6.10 Å². The van der Waals surface area contributed by atoms with E-state index < -0.39 is 5.95 Å². The van der Waals surface area contributed by atoms with Gasteiger partial charge in [0, 0.05) is 19.3 Å². The van der Waals surface area contributed by atoms with E-state index in [0.29, 0.717) is 17.9 Å². The van der Waals surface area contributed by atoms with Crippen molar-refractivity contribution in [2.24, 2.45) is 0 Å². The molecule has 2 rings (SSSR count). The third-order valence-electron chi connectivity index (χ3n) is 2.38. The Bertz CT molecular complexity index is 330. The van der Waals surface area contributed by atoms with Crippen molar-refractivity contribution >= 4 is 0 Å². The van der Waals surface area contributed by atoms with Gasteiger partial charge in [-0.3, -0.25) is 0 Å². The lowest BCUT2D eigenvalue weighted by molar-refractivity contribution is 0.201. The Morgan fingerprint density at radius 3 is 3.36 bits per heavy atom. The first-order valence-electron chi connectivity index (χ1n) is 4.82. The van der Waals surface area contributed by atoms with Crippen LogP contribution in [0.2, 0.25) is 0 Å². The van der Waals surface area contributed by atoms with Gasteiger partial charge >= 0.3 is 0 Å². The minimum absolute atomic E-state index is 0.123. The molecule has 0 radical (unpaired) electrons. The zero-order valence-corrected chi connectivity index (χ0v) is 8.09. The van der Waals surface area contributed by atoms with Crippen molar-refractivity contribution in [3.63, 3.8) is 0 Å². The van der Waals surface area contributed by atoms with Gasteiger partial charge in [0.2, 0.25) is 5.95 Å². The van der Waals surface area contributed by atoms with Gasteiger partial charge in [0.1, 0.15) is 11.9 Å². The number of pyridine rings is 1. The van der Waals surface area contributed by atoms with Gasteiger partial charge in [-0.1, -0.05) is 6.92 Å². The number of hydrogen-bond donors (Lipinski definition) is 1. The van der Waals surface area contributed by atoms with Crippen LogP contribution in [-0.4, -0.2) is 17.6 Å². The van der Waals surface area contributed by atoms with E-state index in [1.165, 1.54) is 6.20 Å². The Hall–Kier alpha value is -1.16. The topological polar surface area (TPSA) is 34.2 Å². The zero-order valence-electron chi connectivity index (χ0n) is 8.09. The monoisotopic (exact) mass is 196 g/mol. The number of halogens is 1. The molecule has 0 aliphatic carbocycles. The SMILES string of the molecule is CC[C@@H]1CNCc2c(ccnc2F)O1. The molecule has 0 bridgehead atoms. The maximum Gasteiger partial charge on any atom is 0.221 e. The van der Waals surface area contributed by atoms with Crippen LogP contribution < -0.4 is 10.1 Å². The molecule has 0 unspecified atom stereocenters. The van der Waals surface area contributed by atoms with Crippen LogP contribution in [0.25, 0.3) is 0 Å². The normalized spacial score (nSPS) is 20.9. The number of nitrogens with zero attached hydrogens (tertiary/aromatic N) is 1. The van der Waals surface area contributed by atoms with E-state index in [1.54, 1.807) is 6.07 Å². The first-order valence-corrected chi connectivity index (χ1v) is 4.82. The highest BCUT2D eigenvalue weighted by molar-refractivity contribution is 5.32. The van der Waals surface area contributed by atoms with Crippen LogP contribution >= 0.6 is 0 Å². The van der Waals surface area contributed by atoms with E-state index in [1.807, 2.05) is 0 Å². The van der Waals surface area contributed by atoms with E-state index >= 15 is 0 Å². The molecular formula is C10H13FN2O. The van der Waals surface area contributed by atoms with Gasteiger partial charge in [-0.05, 0) is 12.5 Å². The summed E-state index contributed by atoms with van der Waals surface area (Å²) in [7, 11) is 0. The fourth-order valence-corrected chi connectivity index (χ4v) is 1.53. The number of hydrogen-bond acceptors (Lipinski definition) is 3. The highest BCUT2D eigenvalue weighted by Crippen LogP contribution is 2.23. The summed E-state index contributed by atoms with van der Waals surface area (Å²) in [5.74, 6) is 0.182. The quantitative estimate of drug-likeness (QED) is 0.691. The maximum absolute atomic E-state index is 13.3. The molecule has 0 fully saturated rings. The second-order valence-electron chi connectivity index (χ2n) is 3.36. The summed E-state index contributed by atoms with van der Waals surface area (Å²) in [5, 5.41) is 3.14. The Balaban J connectivity index is 2.32. The van der Waals surface area contributed by atoms with Crippen LogP contribution in [0.4, 0.5) is 4.39 Å². The standard InChI is InChI=1S/C10H13FN2O/c1-2-7-5-12-6-8-9(14-7)3-4-13-10(8)11/h3-4,7,12H,2,5-6H2,1H3/t7-/m1/s1. The summed E-state index contributed by atoms with van der Waals surface area (Å²) >= 11 is 0. The highest BCUT2D eigenvalue weighted by atomic mass is 19.1. The molecule has 1 aromatic heterocycles. The number of rotatable bonds is 1. The van der Waals surface area contributed by atoms with Crippen LogP contribution in [0.5, 0.6) is 5.75 Å². The molecule has 0 amide bonds. The molecule has 1 aliphatic heterocycles. The molecule has 0 saturated carbocycles. The number of aromatic nitrogens is 1. The molecule has 0 aromatic carbocycles. The Morgan fingerprint density at radius 1 is 1.71 bits per heavy atom. The van der Waals surface area contributed by atoms with Crippen LogP contribution in [-0.2, 0) is 6.54 Å². The molecule has 76 valence electrons. The van der Waals surface area contributed by atoms with Crippen LogP contribution in [0.1, 0.15) is 18.9 Å². The Labute approximate surface area is 82.3 Å². The number of fused-ring (bicyclic) bond motifs is 1. The summed E-state index contributed by atoms with van der Waals surface area (Å²) in [5.41, 5.74) is 0.531. The van der Waals surface area contributed by atoms with Crippen molar-refractivity contribution in [3.05, 3.63) is 23.8 Å². The van der Waals surface area contributed by atoms with Crippen LogP contribution in [0, 0.1) is 5.95 Å². The van der Waals surface area contributed by atoms with E-state index in [2.05, 4.69) is 17.2 Å². The number of ether oxygens (including phenoxy) is 1. The van der Waals surface area contributed by atoms with E-state index in [4.69, 9.17) is 4.74 Å². The van der Waals surface area contributed by atoms with Crippen LogP contribution in [0.15, 0.2) is 12.3 Å². The number of nitrogens with one attached hydrogen (secondary N) is 1. The highest BCUT2D eigenvalue weighted by Gasteiger charge is 2.18. The Morgan fingerprint density at radius 2 is 2.57 bits per heavy atom. The molecule has 1 aromatic rings. The first-order chi connectivity index (χ1) is 6.81. The van der Waals surface area contributed by atoms with Crippen LogP contribution in [0.3, 0.4) is 0 Å². The summed E-state index contributed by atoms with van der Waals surface area (Å²) in [6, 6.07) is 1.72. The summed E-state index contributed by atoms with van der Waals surface area (Å²) < 4.78 is 18.9.